The Morgan fingerprint density at radius 3 is 3.09 bits per heavy atom. The van der Waals surface area contributed by atoms with Gasteiger partial charge in [0.15, 0.2) is 0 Å². The average Bonchev–Trinajstić information content (AvgIpc) is 2.52. The first kappa shape index (κ1) is 7.81. The minimum absolute atomic E-state index is 0.0146. The summed E-state index contributed by atoms with van der Waals surface area (Å²) in [6, 6.07) is 3.56. The molecule has 4 heteroatoms. The quantitative estimate of drug-likeness (QED) is 0.636. The molecule has 0 aliphatic rings. The molecule has 11 heavy (non-hydrogen) atoms. The van der Waals surface area contributed by atoms with Crippen molar-refractivity contribution in [2.45, 2.75) is 6.54 Å². The van der Waals surface area contributed by atoms with Crippen molar-refractivity contribution >= 4 is 5.91 Å². The maximum absolute atomic E-state index is 10.6. The number of furan rings is 1. The van der Waals surface area contributed by atoms with E-state index in [1.54, 1.807) is 18.4 Å². The third-order valence-electron chi connectivity index (χ3n) is 1.23. The zero-order chi connectivity index (χ0) is 8.10. The number of hydrogen-bond acceptors (Lipinski definition) is 3. The molecule has 60 valence electrons. The second kappa shape index (κ2) is 3.78. The van der Waals surface area contributed by atoms with E-state index >= 15 is 0 Å². The van der Waals surface area contributed by atoms with Gasteiger partial charge in [0.2, 0.25) is 5.91 Å². The lowest BCUT2D eigenvalue weighted by molar-refractivity contribution is -0.119. The van der Waals surface area contributed by atoms with Crippen LogP contribution in [0.4, 0.5) is 0 Å². The predicted octanol–water partition coefficient (Wildman–Crippen LogP) is -0.146. The van der Waals surface area contributed by atoms with Crippen molar-refractivity contribution in [3.63, 3.8) is 0 Å². The number of nitrogens with two attached hydrogens (primary N) is 1. The molecule has 0 atom stereocenters. The van der Waals surface area contributed by atoms with E-state index in [1.807, 2.05) is 0 Å². The zero-order valence-electron chi connectivity index (χ0n) is 6.04. The first-order valence-electron chi connectivity index (χ1n) is 3.32. The molecule has 1 aromatic heterocycles. The van der Waals surface area contributed by atoms with E-state index in [2.05, 4.69) is 5.32 Å². The average molecular weight is 154 g/mol. The minimum atomic E-state index is -0.179. The summed E-state index contributed by atoms with van der Waals surface area (Å²) in [5.41, 5.74) is 5.07. The molecular formula is C7H10N2O2. The van der Waals surface area contributed by atoms with Gasteiger partial charge in [0, 0.05) is 0 Å². The van der Waals surface area contributed by atoms with E-state index < -0.39 is 0 Å². The molecule has 0 radical (unpaired) electrons. The standard InChI is InChI=1S/C7H10N2O2/c8-4-7(10)9-5-6-2-1-3-11-6/h1-3H,4-5,8H2,(H,9,10). The van der Waals surface area contributed by atoms with Crippen LogP contribution in [0, 0.1) is 0 Å². The van der Waals surface area contributed by atoms with Gasteiger partial charge in [-0.3, -0.25) is 4.79 Å². The van der Waals surface area contributed by atoms with Crippen LogP contribution in [0.15, 0.2) is 22.8 Å². The summed E-state index contributed by atoms with van der Waals surface area (Å²) >= 11 is 0. The topological polar surface area (TPSA) is 68.3 Å². The number of carbonyl (C=O) groups excluding carboxylic acids is 1. The van der Waals surface area contributed by atoms with Gasteiger partial charge in [-0.25, -0.2) is 0 Å². The summed E-state index contributed by atoms with van der Waals surface area (Å²) in [7, 11) is 0. The van der Waals surface area contributed by atoms with Crippen molar-refractivity contribution in [1.29, 1.82) is 0 Å². The van der Waals surface area contributed by atoms with Crippen molar-refractivity contribution in [2.75, 3.05) is 6.54 Å². The van der Waals surface area contributed by atoms with Gasteiger partial charge in [0.05, 0.1) is 19.4 Å². The molecule has 0 aromatic carbocycles. The highest BCUT2D eigenvalue weighted by atomic mass is 16.3. The number of nitrogens with one attached hydrogen (secondary N) is 1. The molecule has 0 fully saturated rings. The minimum Gasteiger partial charge on any atom is -0.467 e. The first-order chi connectivity index (χ1) is 5.33. The number of amides is 1. The van der Waals surface area contributed by atoms with Crippen LogP contribution in [-0.4, -0.2) is 12.5 Å². The molecule has 0 aliphatic heterocycles. The van der Waals surface area contributed by atoms with Crippen LogP contribution in [-0.2, 0) is 11.3 Å². The third kappa shape index (κ3) is 2.43. The third-order valence-corrected chi connectivity index (χ3v) is 1.23. The maximum Gasteiger partial charge on any atom is 0.234 e. The summed E-state index contributed by atoms with van der Waals surface area (Å²) in [5.74, 6) is 0.549. The summed E-state index contributed by atoms with van der Waals surface area (Å²) in [6.45, 7) is 0.420. The fourth-order valence-electron chi connectivity index (χ4n) is 0.671. The summed E-state index contributed by atoms with van der Waals surface area (Å²) in [5, 5.41) is 2.58. The van der Waals surface area contributed by atoms with Crippen LogP contribution in [0.5, 0.6) is 0 Å². The molecule has 0 bridgehead atoms. The Bertz CT molecular complexity index is 218. The molecule has 1 rings (SSSR count). The fraction of sp³-hybridized carbons (Fsp3) is 0.286. The lowest BCUT2D eigenvalue weighted by Crippen LogP contribution is -2.29. The van der Waals surface area contributed by atoms with Crippen molar-refractivity contribution in [3.05, 3.63) is 24.2 Å². The van der Waals surface area contributed by atoms with Gasteiger partial charge >= 0.3 is 0 Å². The van der Waals surface area contributed by atoms with Gasteiger partial charge in [-0.05, 0) is 12.1 Å². The molecule has 0 unspecified atom stereocenters. The molecule has 1 heterocycles. The van der Waals surface area contributed by atoms with Crippen molar-refractivity contribution in [2.24, 2.45) is 5.73 Å². The van der Waals surface area contributed by atoms with Crippen LogP contribution < -0.4 is 11.1 Å². The Morgan fingerprint density at radius 2 is 2.55 bits per heavy atom. The van der Waals surface area contributed by atoms with Gasteiger partial charge in [-0.15, -0.1) is 0 Å². The highest BCUT2D eigenvalue weighted by Crippen LogP contribution is 1.97. The number of carbonyl (C=O) groups is 1. The zero-order valence-corrected chi connectivity index (χ0v) is 6.04. The van der Waals surface area contributed by atoms with Crippen molar-refractivity contribution in [3.8, 4) is 0 Å². The van der Waals surface area contributed by atoms with Gasteiger partial charge in [-0.1, -0.05) is 0 Å². The van der Waals surface area contributed by atoms with Gasteiger partial charge in [-0.2, -0.15) is 0 Å². The lowest BCUT2D eigenvalue weighted by atomic mass is 10.4. The predicted molar refractivity (Wildman–Crippen MR) is 39.6 cm³/mol. The summed E-state index contributed by atoms with van der Waals surface area (Å²) < 4.78 is 4.97. The van der Waals surface area contributed by atoms with Crippen LogP contribution in [0.1, 0.15) is 5.76 Å². The fourth-order valence-corrected chi connectivity index (χ4v) is 0.671. The first-order valence-corrected chi connectivity index (χ1v) is 3.32. The van der Waals surface area contributed by atoms with Gasteiger partial charge in [0.1, 0.15) is 5.76 Å². The van der Waals surface area contributed by atoms with Crippen LogP contribution in [0.25, 0.3) is 0 Å². The largest absolute Gasteiger partial charge is 0.467 e. The van der Waals surface area contributed by atoms with E-state index in [1.165, 1.54) is 0 Å². The molecule has 4 nitrogen and oxygen atoms in total. The van der Waals surface area contributed by atoms with E-state index in [4.69, 9.17) is 10.2 Å². The molecule has 0 saturated carbocycles. The molecule has 1 amide bonds. The van der Waals surface area contributed by atoms with E-state index in [0.29, 0.717) is 6.54 Å². The van der Waals surface area contributed by atoms with Crippen LogP contribution in [0.2, 0.25) is 0 Å². The SMILES string of the molecule is NCC(=O)NCc1ccco1. The van der Waals surface area contributed by atoms with Crippen LogP contribution >= 0.6 is 0 Å². The Hall–Kier alpha value is -1.29. The van der Waals surface area contributed by atoms with Gasteiger partial charge in [0.25, 0.3) is 0 Å². The number of hydrogen-bond donors (Lipinski definition) is 2. The van der Waals surface area contributed by atoms with E-state index in [-0.39, 0.29) is 12.5 Å². The molecule has 0 saturated heterocycles. The van der Waals surface area contributed by atoms with Crippen molar-refractivity contribution < 1.29 is 9.21 Å². The number of rotatable bonds is 3. The van der Waals surface area contributed by atoms with E-state index in [9.17, 15) is 4.79 Å². The summed E-state index contributed by atoms with van der Waals surface area (Å²) in [6.07, 6.45) is 1.56. The highest BCUT2D eigenvalue weighted by molar-refractivity contribution is 5.77. The normalized spacial score (nSPS) is 9.55. The second-order valence-corrected chi connectivity index (χ2v) is 2.06. The summed E-state index contributed by atoms with van der Waals surface area (Å²) in [4.78, 5) is 10.6. The maximum atomic E-state index is 10.6. The molecule has 0 spiro atoms. The van der Waals surface area contributed by atoms with Crippen LogP contribution in [0.3, 0.4) is 0 Å². The highest BCUT2D eigenvalue weighted by Gasteiger charge is 1.98. The smallest absolute Gasteiger partial charge is 0.234 e. The Labute approximate surface area is 64.4 Å². The van der Waals surface area contributed by atoms with Gasteiger partial charge < -0.3 is 15.5 Å². The Kier molecular flexibility index (Phi) is 2.68. The Balaban J connectivity index is 2.29. The lowest BCUT2D eigenvalue weighted by Gasteiger charge is -1.98. The monoisotopic (exact) mass is 154 g/mol. The van der Waals surface area contributed by atoms with E-state index in [0.717, 1.165) is 5.76 Å². The molecule has 1 aromatic rings. The Morgan fingerprint density at radius 1 is 1.73 bits per heavy atom. The van der Waals surface area contributed by atoms with Crippen molar-refractivity contribution in [1.82, 2.24) is 5.32 Å². The molecule has 0 aliphatic carbocycles. The molecular weight excluding hydrogens is 144 g/mol. The second-order valence-electron chi connectivity index (χ2n) is 2.06. The molecule has 3 N–H and O–H groups in total.